The summed E-state index contributed by atoms with van der Waals surface area (Å²) >= 11 is 0. The highest BCUT2D eigenvalue weighted by molar-refractivity contribution is 4.48. The second-order valence-electron chi connectivity index (χ2n) is 3.05. The maximum Gasteiger partial charge on any atom is 0.100 e. The Bertz CT molecular complexity index is 96.6. The lowest BCUT2D eigenvalue weighted by atomic mass is 10.3. The van der Waals surface area contributed by atoms with E-state index in [4.69, 9.17) is 19.7 Å². The molecule has 0 saturated carbocycles. The van der Waals surface area contributed by atoms with Crippen LogP contribution in [0.4, 0.5) is 0 Å². The minimum Gasteiger partial charge on any atom is -0.394 e. The Morgan fingerprint density at radius 3 is 2.00 bits per heavy atom. The lowest BCUT2D eigenvalue weighted by Gasteiger charge is -2.06. The van der Waals surface area contributed by atoms with Gasteiger partial charge in [-0.2, -0.15) is 0 Å². The number of hydrogen-bond donors (Lipinski definition) is 2. The summed E-state index contributed by atoms with van der Waals surface area (Å²) in [7, 11) is 0. The zero-order valence-corrected chi connectivity index (χ0v) is 10.2. The highest BCUT2D eigenvalue weighted by Gasteiger charge is 1.99. The van der Waals surface area contributed by atoms with Crippen LogP contribution < -0.4 is 0 Å². The van der Waals surface area contributed by atoms with Crippen molar-refractivity contribution in [2.75, 3.05) is 33.0 Å². The highest BCUT2D eigenvalue weighted by atomic mass is 16.5. The molecular weight excluding hydrogens is 196 g/mol. The van der Waals surface area contributed by atoms with E-state index < -0.39 is 6.10 Å². The molecule has 0 rings (SSSR count). The zero-order chi connectivity index (χ0) is 11.9. The van der Waals surface area contributed by atoms with E-state index in [-0.39, 0.29) is 13.2 Å². The van der Waals surface area contributed by atoms with Crippen molar-refractivity contribution in [3.63, 3.8) is 0 Å². The first-order valence-electron chi connectivity index (χ1n) is 5.67. The van der Waals surface area contributed by atoms with Crippen LogP contribution in [0.2, 0.25) is 0 Å². The van der Waals surface area contributed by atoms with Gasteiger partial charge >= 0.3 is 0 Å². The predicted octanol–water partition coefficient (Wildman–Crippen LogP) is 1.20. The molecule has 15 heavy (non-hydrogen) atoms. The fourth-order valence-corrected chi connectivity index (χ4v) is 0.723. The molecule has 0 radical (unpaired) electrons. The lowest BCUT2D eigenvalue weighted by molar-refractivity contribution is 0.00557. The van der Waals surface area contributed by atoms with Gasteiger partial charge in [-0.3, -0.25) is 0 Å². The van der Waals surface area contributed by atoms with Gasteiger partial charge in [0, 0.05) is 19.8 Å². The minimum atomic E-state index is -0.711. The van der Waals surface area contributed by atoms with Crippen LogP contribution in [0.5, 0.6) is 0 Å². The van der Waals surface area contributed by atoms with Crippen molar-refractivity contribution in [1.82, 2.24) is 0 Å². The van der Waals surface area contributed by atoms with Crippen molar-refractivity contribution in [3.8, 4) is 0 Å². The third-order valence-electron chi connectivity index (χ3n) is 1.57. The molecule has 4 heteroatoms. The Kier molecular flexibility index (Phi) is 18.7. The van der Waals surface area contributed by atoms with Crippen LogP contribution in [0.25, 0.3) is 0 Å². The molecule has 0 heterocycles. The van der Waals surface area contributed by atoms with Crippen molar-refractivity contribution >= 4 is 0 Å². The van der Waals surface area contributed by atoms with E-state index in [2.05, 4.69) is 6.92 Å². The van der Waals surface area contributed by atoms with Crippen LogP contribution >= 0.6 is 0 Å². The molecule has 0 aromatic rings. The molecule has 0 aliphatic heterocycles. The normalized spacial score (nSPS) is 11.8. The Labute approximate surface area is 93.2 Å². The van der Waals surface area contributed by atoms with Crippen LogP contribution in [-0.4, -0.2) is 49.4 Å². The maximum absolute atomic E-state index is 8.78. The number of rotatable bonds is 8. The number of aliphatic hydroxyl groups excluding tert-OH is 2. The van der Waals surface area contributed by atoms with Crippen LogP contribution in [-0.2, 0) is 9.47 Å². The van der Waals surface area contributed by atoms with E-state index in [0.29, 0.717) is 6.61 Å². The van der Waals surface area contributed by atoms with Crippen LogP contribution in [0.15, 0.2) is 0 Å². The third-order valence-corrected chi connectivity index (χ3v) is 1.57. The smallest absolute Gasteiger partial charge is 0.100 e. The van der Waals surface area contributed by atoms with Crippen molar-refractivity contribution in [2.45, 2.75) is 39.7 Å². The van der Waals surface area contributed by atoms with Gasteiger partial charge in [-0.15, -0.1) is 0 Å². The Morgan fingerprint density at radius 2 is 1.67 bits per heavy atom. The average molecular weight is 222 g/mol. The van der Waals surface area contributed by atoms with Crippen molar-refractivity contribution in [3.05, 3.63) is 0 Å². The van der Waals surface area contributed by atoms with E-state index in [1.807, 2.05) is 13.8 Å². The summed E-state index contributed by atoms with van der Waals surface area (Å²) < 4.78 is 9.85. The van der Waals surface area contributed by atoms with Gasteiger partial charge in [0.15, 0.2) is 0 Å². The second kappa shape index (κ2) is 16.3. The van der Waals surface area contributed by atoms with Crippen LogP contribution in [0.3, 0.4) is 0 Å². The monoisotopic (exact) mass is 222 g/mol. The Hall–Kier alpha value is -0.160. The molecule has 0 fully saturated rings. The molecule has 1 atom stereocenters. The average Bonchev–Trinajstić information content (AvgIpc) is 2.26. The third kappa shape index (κ3) is 20.0. The Morgan fingerprint density at radius 1 is 1.07 bits per heavy atom. The van der Waals surface area contributed by atoms with E-state index in [1.54, 1.807) is 0 Å². The summed E-state index contributed by atoms with van der Waals surface area (Å²) in [6, 6.07) is 0. The first-order chi connectivity index (χ1) is 7.22. The molecule has 0 amide bonds. The summed E-state index contributed by atoms with van der Waals surface area (Å²) in [5, 5.41) is 17.1. The SMILES string of the molecule is CCCCOCC(O)CO.CCOCC. The number of ether oxygens (including phenoxy) is 2. The first-order valence-corrected chi connectivity index (χ1v) is 5.67. The highest BCUT2D eigenvalue weighted by Crippen LogP contribution is 1.89. The van der Waals surface area contributed by atoms with Gasteiger partial charge in [0.25, 0.3) is 0 Å². The number of hydrogen-bond acceptors (Lipinski definition) is 4. The quantitative estimate of drug-likeness (QED) is 0.606. The molecule has 0 aromatic carbocycles. The van der Waals surface area contributed by atoms with Crippen molar-refractivity contribution in [2.24, 2.45) is 0 Å². The van der Waals surface area contributed by atoms with E-state index >= 15 is 0 Å². The maximum atomic E-state index is 8.78. The first kappa shape index (κ1) is 17.2. The minimum absolute atomic E-state index is 0.216. The molecule has 0 aromatic heterocycles. The summed E-state index contributed by atoms with van der Waals surface area (Å²) in [4.78, 5) is 0. The van der Waals surface area contributed by atoms with Gasteiger partial charge in [-0.1, -0.05) is 13.3 Å². The summed E-state index contributed by atoms with van der Waals surface area (Å²) in [5.41, 5.74) is 0. The number of unbranched alkanes of at least 4 members (excludes halogenated alkanes) is 1. The summed E-state index contributed by atoms with van der Waals surface area (Å²) in [5.74, 6) is 0. The molecule has 0 bridgehead atoms. The van der Waals surface area contributed by atoms with Gasteiger partial charge in [0.2, 0.25) is 0 Å². The molecule has 0 saturated heterocycles. The molecule has 4 nitrogen and oxygen atoms in total. The summed E-state index contributed by atoms with van der Waals surface area (Å²) in [6.45, 7) is 8.45. The van der Waals surface area contributed by atoms with Gasteiger partial charge in [-0.05, 0) is 20.3 Å². The molecule has 1 unspecified atom stereocenters. The van der Waals surface area contributed by atoms with E-state index in [9.17, 15) is 0 Å². The summed E-state index contributed by atoms with van der Waals surface area (Å²) in [6.07, 6.45) is 1.39. The fourth-order valence-electron chi connectivity index (χ4n) is 0.723. The second-order valence-corrected chi connectivity index (χ2v) is 3.05. The molecule has 94 valence electrons. The van der Waals surface area contributed by atoms with Gasteiger partial charge < -0.3 is 19.7 Å². The van der Waals surface area contributed by atoms with Crippen LogP contribution in [0.1, 0.15) is 33.6 Å². The topological polar surface area (TPSA) is 58.9 Å². The molecular formula is C11H26O4. The zero-order valence-electron chi connectivity index (χ0n) is 10.2. The van der Waals surface area contributed by atoms with Gasteiger partial charge in [0.05, 0.1) is 13.2 Å². The standard InChI is InChI=1S/C7H16O3.C4H10O/c1-2-3-4-10-6-7(9)5-8;1-3-5-4-2/h7-9H,2-6H2,1H3;3-4H2,1-2H3. The number of aliphatic hydroxyl groups is 2. The fraction of sp³-hybridized carbons (Fsp3) is 1.00. The van der Waals surface area contributed by atoms with Crippen LogP contribution in [0, 0.1) is 0 Å². The van der Waals surface area contributed by atoms with Gasteiger partial charge in [0.1, 0.15) is 6.10 Å². The van der Waals surface area contributed by atoms with Crippen molar-refractivity contribution in [1.29, 1.82) is 0 Å². The van der Waals surface area contributed by atoms with E-state index in [0.717, 1.165) is 26.1 Å². The van der Waals surface area contributed by atoms with Gasteiger partial charge in [-0.25, -0.2) is 0 Å². The molecule has 0 aliphatic rings. The largest absolute Gasteiger partial charge is 0.394 e. The van der Waals surface area contributed by atoms with Crippen molar-refractivity contribution < 1.29 is 19.7 Å². The molecule has 2 N–H and O–H groups in total. The predicted molar refractivity (Wildman–Crippen MR) is 61.0 cm³/mol. The van der Waals surface area contributed by atoms with E-state index in [1.165, 1.54) is 0 Å². The lowest BCUT2D eigenvalue weighted by Crippen LogP contribution is -2.19. The molecule has 0 spiro atoms. The molecule has 0 aliphatic carbocycles. The Balaban J connectivity index is 0.